The van der Waals surface area contributed by atoms with Gasteiger partial charge in [-0.1, -0.05) is 30.3 Å². The lowest BCUT2D eigenvalue weighted by molar-refractivity contribution is 0.415. The van der Waals surface area contributed by atoms with Crippen LogP contribution < -0.4 is 4.74 Å². The Bertz CT molecular complexity index is 1170. The number of aryl methyl sites for hydroxylation is 1. The molecule has 1 aliphatic heterocycles. The molecule has 5 rings (SSSR count). The van der Waals surface area contributed by atoms with E-state index in [0.29, 0.717) is 0 Å². The highest BCUT2D eigenvalue weighted by Gasteiger charge is 2.25. The molecule has 3 heterocycles. The van der Waals surface area contributed by atoms with Crippen LogP contribution in [0.5, 0.6) is 5.75 Å². The molecular formula is C20H17N3OS. The molecule has 0 amide bonds. The van der Waals surface area contributed by atoms with E-state index in [1.807, 2.05) is 18.2 Å². The molecule has 124 valence electrons. The van der Waals surface area contributed by atoms with Gasteiger partial charge in [-0.2, -0.15) is 0 Å². The summed E-state index contributed by atoms with van der Waals surface area (Å²) in [5.74, 6) is 0.837. The van der Waals surface area contributed by atoms with Gasteiger partial charge in [0.15, 0.2) is 4.77 Å². The van der Waals surface area contributed by atoms with Gasteiger partial charge in [-0.3, -0.25) is 0 Å². The minimum Gasteiger partial charge on any atom is -0.497 e. The van der Waals surface area contributed by atoms with Crippen LogP contribution in [-0.2, 0) is 13.0 Å². The van der Waals surface area contributed by atoms with Gasteiger partial charge in [-0.15, -0.1) is 0 Å². The number of para-hydroxylation sites is 1. The molecule has 0 aliphatic carbocycles. The van der Waals surface area contributed by atoms with E-state index in [-0.39, 0.29) is 0 Å². The number of ether oxygens (including phenoxy) is 1. The first-order valence-corrected chi connectivity index (χ1v) is 8.74. The summed E-state index contributed by atoms with van der Waals surface area (Å²) >= 11 is 5.59. The lowest BCUT2D eigenvalue weighted by atomic mass is 9.99. The van der Waals surface area contributed by atoms with Gasteiger partial charge in [0.05, 0.1) is 24.2 Å². The van der Waals surface area contributed by atoms with E-state index < -0.39 is 0 Å². The molecule has 5 heteroatoms. The van der Waals surface area contributed by atoms with E-state index in [1.165, 1.54) is 16.5 Å². The Labute approximate surface area is 150 Å². The normalized spacial score (nSPS) is 12.8. The summed E-state index contributed by atoms with van der Waals surface area (Å²) in [7, 11) is 1.69. The molecule has 0 spiro atoms. The smallest absolute Gasteiger partial charge is 0.178 e. The predicted molar refractivity (Wildman–Crippen MR) is 103 cm³/mol. The van der Waals surface area contributed by atoms with Gasteiger partial charge in [0, 0.05) is 23.0 Å². The standard InChI is InChI=1S/C20H17N3OS/c1-24-13-6-4-5-12(11-13)17-19-18-15(9-10-23(19)20(25)22-17)14-7-2-3-8-16(14)21-18/h2-8,11,21H,9-10H2,1H3,(H,22,25). The second-order valence-electron chi connectivity index (χ2n) is 6.31. The molecule has 25 heavy (non-hydrogen) atoms. The maximum atomic E-state index is 5.59. The van der Waals surface area contributed by atoms with Crippen molar-refractivity contribution in [3.05, 3.63) is 58.9 Å². The summed E-state index contributed by atoms with van der Waals surface area (Å²) < 4.78 is 8.35. The minimum atomic E-state index is 0.761. The summed E-state index contributed by atoms with van der Waals surface area (Å²) in [5.41, 5.74) is 6.95. The third-order valence-electron chi connectivity index (χ3n) is 4.98. The Balaban J connectivity index is 1.81. The van der Waals surface area contributed by atoms with Crippen LogP contribution in [0.3, 0.4) is 0 Å². The molecule has 4 nitrogen and oxygen atoms in total. The summed E-state index contributed by atoms with van der Waals surface area (Å²) in [5, 5.41) is 1.30. The second-order valence-corrected chi connectivity index (χ2v) is 6.70. The molecule has 4 aromatic rings. The Morgan fingerprint density at radius 2 is 1.92 bits per heavy atom. The van der Waals surface area contributed by atoms with Gasteiger partial charge >= 0.3 is 0 Å². The summed E-state index contributed by atoms with van der Waals surface area (Å²) in [6.45, 7) is 0.892. The van der Waals surface area contributed by atoms with Crippen LogP contribution in [0.4, 0.5) is 0 Å². The molecule has 2 aromatic carbocycles. The zero-order chi connectivity index (χ0) is 17.0. The van der Waals surface area contributed by atoms with Crippen LogP contribution in [0.15, 0.2) is 48.5 Å². The van der Waals surface area contributed by atoms with Crippen molar-refractivity contribution in [1.29, 1.82) is 0 Å². The third kappa shape index (κ3) is 2.09. The fourth-order valence-corrected chi connectivity index (χ4v) is 4.10. The highest BCUT2D eigenvalue weighted by Crippen LogP contribution is 2.40. The summed E-state index contributed by atoms with van der Waals surface area (Å²) in [4.78, 5) is 7.02. The summed E-state index contributed by atoms with van der Waals surface area (Å²) in [6, 6.07) is 16.6. The van der Waals surface area contributed by atoms with E-state index in [4.69, 9.17) is 17.0 Å². The molecule has 0 unspecified atom stereocenters. The van der Waals surface area contributed by atoms with E-state index >= 15 is 0 Å². The number of nitrogens with one attached hydrogen (secondary N) is 2. The van der Waals surface area contributed by atoms with Crippen LogP contribution in [0.25, 0.3) is 33.5 Å². The van der Waals surface area contributed by atoms with Gasteiger partial charge in [0.1, 0.15) is 5.75 Å². The van der Waals surface area contributed by atoms with E-state index in [2.05, 4.69) is 44.9 Å². The van der Waals surface area contributed by atoms with E-state index in [1.54, 1.807) is 7.11 Å². The summed E-state index contributed by atoms with van der Waals surface area (Å²) in [6.07, 6.45) is 0.982. The SMILES string of the molecule is COc1cccc(-c2[nH]c(=S)n3c2-c2[nH]c4ccccc4c2CC3)c1. The number of H-pyrrole nitrogens is 2. The average molecular weight is 347 g/mol. The van der Waals surface area contributed by atoms with E-state index in [0.717, 1.165) is 46.1 Å². The van der Waals surface area contributed by atoms with Crippen LogP contribution in [-0.4, -0.2) is 21.6 Å². The first-order chi connectivity index (χ1) is 12.3. The van der Waals surface area contributed by atoms with Crippen LogP contribution in [0, 0.1) is 4.77 Å². The predicted octanol–water partition coefficient (Wildman–Crippen LogP) is 4.93. The Kier molecular flexibility index (Phi) is 3.12. The third-order valence-corrected chi connectivity index (χ3v) is 5.30. The first-order valence-electron chi connectivity index (χ1n) is 8.33. The van der Waals surface area contributed by atoms with Crippen molar-refractivity contribution in [2.75, 3.05) is 7.11 Å². The molecule has 1 aliphatic rings. The lowest BCUT2D eigenvalue weighted by Gasteiger charge is -2.17. The molecule has 2 N–H and O–H groups in total. The maximum Gasteiger partial charge on any atom is 0.178 e. The van der Waals surface area contributed by atoms with Gasteiger partial charge in [-0.05, 0) is 42.4 Å². The minimum absolute atomic E-state index is 0.761. The number of hydrogen-bond acceptors (Lipinski definition) is 2. The van der Waals surface area contributed by atoms with Crippen LogP contribution in [0.1, 0.15) is 5.56 Å². The van der Waals surface area contributed by atoms with Crippen molar-refractivity contribution in [2.24, 2.45) is 0 Å². The highest BCUT2D eigenvalue weighted by atomic mass is 32.1. The Morgan fingerprint density at radius 1 is 1.04 bits per heavy atom. The highest BCUT2D eigenvalue weighted by molar-refractivity contribution is 7.71. The number of aromatic amines is 2. The molecule has 0 saturated heterocycles. The molecule has 0 saturated carbocycles. The largest absolute Gasteiger partial charge is 0.497 e. The Morgan fingerprint density at radius 3 is 2.80 bits per heavy atom. The van der Waals surface area contributed by atoms with Crippen molar-refractivity contribution >= 4 is 23.1 Å². The average Bonchev–Trinajstić information content (AvgIpc) is 3.20. The second kappa shape index (κ2) is 5.36. The zero-order valence-corrected chi connectivity index (χ0v) is 14.6. The van der Waals surface area contributed by atoms with E-state index in [9.17, 15) is 0 Å². The lowest BCUT2D eigenvalue weighted by Crippen LogP contribution is -2.10. The number of rotatable bonds is 2. The number of imidazole rings is 1. The maximum absolute atomic E-state index is 5.59. The van der Waals surface area contributed by atoms with Crippen molar-refractivity contribution in [3.8, 4) is 28.4 Å². The van der Waals surface area contributed by atoms with Crippen LogP contribution >= 0.6 is 12.2 Å². The monoisotopic (exact) mass is 347 g/mol. The Hall–Kier alpha value is -2.79. The van der Waals surface area contributed by atoms with Gasteiger partial charge in [0.2, 0.25) is 0 Å². The number of methoxy groups -OCH3 is 1. The van der Waals surface area contributed by atoms with Crippen molar-refractivity contribution < 1.29 is 4.74 Å². The molecule has 0 radical (unpaired) electrons. The van der Waals surface area contributed by atoms with Gasteiger partial charge in [0.25, 0.3) is 0 Å². The van der Waals surface area contributed by atoms with Crippen molar-refractivity contribution in [1.82, 2.24) is 14.5 Å². The van der Waals surface area contributed by atoms with Crippen molar-refractivity contribution in [3.63, 3.8) is 0 Å². The number of aromatic nitrogens is 3. The topological polar surface area (TPSA) is 45.7 Å². The van der Waals surface area contributed by atoms with Gasteiger partial charge < -0.3 is 19.3 Å². The molecule has 0 atom stereocenters. The van der Waals surface area contributed by atoms with Crippen LogP contribution in [0.2, 0.25) is 0 Å². The fourth-order valence-electron chi connectivity index (χ4n) is 3.82. The molecule has 0 bridgehead atoms. The van der Waals surface area contributed by atoms with Crippen molar-refractivity contribution in [2.45, 2.75) is 13.0 Å². The first kappa shape index (κ1) is 14.5. The molecular weight excluding hydrogens is 330 g/mol. The molecule has 2 aromatic heterocycles. The fraction of sp³-hybridized carbons (Fsp3) is 0.150. The number of hydrogen-bond donors (Lipinski definition) is 2. The number of fused-ring (bicyclic) bond motifs is 5. The number of benzene rings is 2. The zero-order valence-electron chi connectivity index (χ0n) is 13.8. The quantitative estimate of drug-likeness (QED) is 0.505. The number of nitrogens with zero attached hydrogens (tertiary/aromatic N) is 1. The molecule has 0 fully saturated rings. The van der Waals surface area contributed by atoms with Gasteiger partial charge in [-0.25, -0.2) is 0 Å².